The molecule has 0 spiro atoms. The molecular formula is C22H18ClNO2. The first-order chi connectivity index (χ1) is 12.7. The second kappa shape index (κ2) is 8.88. The lowest BCUT2D eigenvalue weighted by molar-refractivity contribution is 0.473. The Bertz CT molecular complexity index is 888. The van der Waals surface area contributed by atoms with Gasteiger partial charge in [0.1, 0.15) is 11.5 Å². The number of rotatable bonds is 5. The Morgan fingerprint density at radius 2 is 1.42 bits per heavy atom. The summed E-state index contributed by atoms with van der Waals surface area (Å²) in [5.41, 5.74) is 1.56. The molecular weight excluding hydrogens is 346 g/mol. The summed E-state index contributed by atoms with van der Waals surface area (Å²) in [5.74, 6) is 1.87. The van der Waals surface area contributed by atoms with E-state index in [0.29, 0.717) is 22.4 Å². The molecule has 0 aromatic heterocycles. The molecule has 0 saturated carbocycles. The quantitative estimate of drug-likeness (QED) is 0.297. The van der Waals surface area contributed by atoms with Crippen molar-refractivity contribution in [2.75, 3.05) is 0 Å². The Balaban J connectivity index is 1.85. The molecule has 3 nitrogen and oxygen atoms in total. The van der Waals surface area contributed by atoms with Gasteiger partial charge in [0.2, 0.25) is 5.90 Å². The molecule has 0 saturated heterocycles. The van der Waals surface area contributed by atoms with E-state index in [4.69, 9.17) is 21.1 Å². The van der Waals surface area contributed by atoms with Gasteiger partial charge in [0, 0.05) is 10.6 Å². The maximum atomic E-state index is 5.97. The van der Waals surface area contributed by atoms with Gasteiger partial charge in [0.05, 0.1) is 11.9 Å². The maximum absolute atomic E-state index is 5.97. The molecule has 130 valence electrons. The molecule has 4 heteroatoms. The minimum absolute atomic E-state index is 0.469. The fraction of sp³-hybridized carbons (Fsp3) is 0.0455. The van der Waals surface area contributed by atoms with Crippen LogP contribution in [0.1, 0.15) is 6.92 Å². The predicted molar refractivity (Wildman–Crippen MR) is 106 cm³/mol. The normalized spacial score (nSPS) is 11.9. The van der Waals surface area contributed by atoms with Crippen LogP contribution in [-0.2, 0) is 0 Å². The van der Waals surface area contributed by atoms with Crippen molar-refractivity contribution in [3.8, 4) is 11.5 Å². The highest BCUT2D eigenvalue weighted by atomic mass is 35.5. The van der Waals surface area contributed by atoms with E-state index in [1.807, 2.05) is 67.6 Å². The van der Waals surface area contributed by atoms with Crippen molar-refractivity contribution < 1.29 is 9.47 Å². The van der Waals surface area contributed by atoms with Gasteiger partial charge in [-0.05, 0) is 55.5 Å². The number of halogens is 1. The first-order valence-electron chi connectivity index (χ1n) is 8.17. The Morgan fingerprint density at radius 3 is 2.08 bits per heavy atom. The second-order valence-corrected chi connectivity index (χ2v) is 5.98. The van der Waals surface area contributed by atoms with E-state index in [2.05, 4.69) is 4.99 Å². The Labute approximate surface area is 158 Å². The minimum atomic E-state index is 0.469. The summed E-state index contributed by atoms with van der Waals surface area (Å²) in [6.07, 6.45) is 1.62. The molecule has 26 heavy (non-hydrogen) atoms. The third-order valence-electron chi connectivity index (χ3n) is 3.47. The van der Waals surface area contributed by atoms with Gasteiger partial charge in [0.15, 0.2) is 0 Å². The van der Waals surface area contributed by atoms with Crippen LogP contribution in [0.25, 0.3) is 0 Å². The van der Waals surface area contributed by atoms with Gasteiger partial charge in [0.25, 0.3) is 0 Å². The van der Waals surface area contributed by atoms with Crippen molar-refractivity contribution >= 4 is 23.2 Å². The van der Waals surface area contributed by atoms with E-state index in [1.54, 1.807) is 30.5 Å². The van der Waals surface area contributed by atoms with Crippen molar-refractivity contribution in [2.45, 2.75) is 6.92 Å². The predicted octanol–water partition coefficient (Wildman–Crippen LogP) is 6.43. The van der Waals surface area contributed by atoms with Gasteiger partial charge in [-0.2, -0.15) is 0 Å². The summed E-state index contributed by atoms with van der Waals surface area (Å²) in [6, 6.07) is 26.3. The van der Waals surface area contributed by atoms with E-state index >= 15 is 0 Å². The second-order valence-electron chi connectivity index (χ2n) is 5.54. The van der Waals surface area contributed by atoms with Crippen molar-refractivity contribution in [3.05, 3.63) is 102 Å². The van der Waals surface area contributed by atoms with Crippen molar-refractivity contribution in [1.82, 2.24) is 0 Å². The lowest BCUT2D eigenvalue weighted by atomic mass is 10.3. The van der Waals surface area contributed by atoms with Crippen molar-refractivity contribution in [1.29, 1.82) is 0 Å². The minimum Gasteiger partial charge on any atom is -0.465 e. The Kier molecular flexibility index (Phi) is 6.07. The Hall–Kier alpha value is -3.04. The highest BCUT2D eigenvalue weighted by molar-refractivity contribution is 6.30. The number of benzene rings is 3. The lowest BCUT2D eigenvalue weighted by Gasteiger charge is -2.10. The highest BCUT2D eigenvalue weighted by Crippen LogP contribution is 2.19. The molecule has 0 atom stereocenters. The van der Waals surface area contributed by atoms with Gasteiger partial charge in [-0.25, -0.2) is 4.99 Å². The molecule has 0 N–H and O–H groups in total. The summed E-state index contributed by atoms with van der Waals surface area (Å²) in [5, 5.41) is 0.664. The molecule has 0 aliphatic carbocycles. The number of aliphatic imine (C=N–C) groups is 1. The number of para-hydroxylation sites is 2. The first kappa shape index (κ1) is 17.8. The Morgan fingerprint density at radius 1 is 0.808 bits per heavy atom. The fourth-order valence-corrected chi connectivity index (χ4v) is 2.26. The number of hydrogen-bond acceptors (Lipinski definition) is 3. The van der Waals surface area contributed by atoms with E-state index in [0.717, 1.165) is 11.3 Å². The SMILES string of the molecule is C/C(=C\Oc1ccc(Cl)cc1)C(=Nc1ccccc1)Oc1ccccc1. The standard InChI is InChI=1S/C22H18ClNO2/c1-17(16-25-20-14-12-18(23)13-15-20)22(24-19-8-4-2-5-9-19)26-21-10-6-3-7-11-21/h2-16H,1H3/b17-16+,24-22?. The topological polar surface area (TPSA) is 30.8 Å². The lowest BCUT2D eigenvalue weighted by Crippen LogP contribution is -2.10. The van der Waals surface area contributed by atoms with Crippen molar-refractivity contribution in [2.24, 2.45) is 4.99 Å². The zero-order chi connectivity index (χ0) is 18.2. The number of hydrogen-bond donors (Lipinski definition) is 0. The summed E-state index contributed by atoms with van der Waals surface area (Å²) in [7, 11) is 0. The molecule has 3 rings (SSSR count). The van der Waals surface area contributed by atoms with Crippen LogP contribution in [0.4, 0.5) is 5.69 Å². The van der Waals surface area contributed by atoms with E-state index in [1.165, 1.54) is 0 Å². The molecule has 0 aliphatic heterocycles. The van der Waals surface area contributed by atoms with Crippen LogP contribution in [0.5, 0.6) is 11.5 Å². The smallest absolute Gasteiger partial charge is 0.225 e. The third kappa shape index (κ3) is 5.23. The van der Waals surface area contributed by atoms with Gasteiger partial charge in [-0.1, -0.05) is 48.0 Å². The van der Waals surface area contributed by atoms with Crippen LogP contribution in [0.2, 0.25) is 5.02 Å². The van der Waals surface area contributed by atoms with E-state index < -0.39 is 0 Å². The number of ether oxygens (including phenoxy) is 2. The maximum Gasteiger partial charge on any atom is 0.225 e. The molecule has 0 unspecified atom stereocenters. The third-order valence-corrected chi connectivity index (χ3v) is 3.72. The molecule has 0 bridgehead atoms. The van der Waals surface area contributed by atoms with Gasteiger partial charge in [-0.3, -0.25) is 0 Å². The monoisotopic (exact) mass is 363 g/mol. The van der Waals surface area contributed by atoms with Crippen LogP contribution in [0.3, 0.4) is 0 Å². The van der Waals surface area contributed by atoms with Gasteiger partial charge >= 0.3 is 0 Å². The average molecular weight is 364 g/mol. The number of nitrogens with zero attached hydrogens (tertiary/aromatic N) is 1. The van der Waals surface area contributed by atoms with Gasteiger partial charge < -0.3 is 9.47 Å². The van der Waals surface area contributed by atoms with Gasteiger partial charge in [-0.15, -0.1) is 0 Å². The summed E-state index contributed by atoms with van der Waals surface area (Å²) < 4.78 is 11.7. The van der Waals surface area contributed by atoms with Crippen LogP contribution >= 0.6 is 11.6 Å². The fourth-order valence-electron chi connectivity index (χ4n) is 2.13. The molecule has 3 aromatic rings. The zero-order valence-corrected chi connectivity index (χ0v) is 15.1. The molecule has 0 aliphatic rings. The largest absolute Gasteiger partial charge is 0.465 e. The summed E-state index contributed by atoms with van der Waals surface area (Å²) in [6.45, 7) is 1.89. The molecule has 0 heterocycles. The van der Waals surface area contributed by atoms with Crippen molar-refractivity contribution in [3.63, 3.8) is 0 Å². The zero-order valence-electron chi connectivity index (χ0n) is 14.3. The van der Waals surface area contributed by atoms with E-state index in [-0.39, 0.29) is 0 Å². The molecule has 3 aromatic carbocycles. The average Bonchev–Trinajstić information content (AvgIpc) is 2.68. The summed E-state index contributed by atoms with van der Waals surface area (Å²) >= 11 is 5.90. The summed E-state index contributed by atoms with van der Waals surface area (Å²) in [4.78, 5) is 4.61. The highest BCUT2D eigenvalue weighted by Gasteiger charge is 2.07. The first-order valence-corrected chi connectivity index (χ1v) is 8.54. The molecule has 0 radical (unpaired) electrons. The van der Waals surface area contributed by atoms with Crippen LogP contribution in [0, 0.1) is 0 Å². The van der Waals surface area contributed by atoms with Crippen LogP contribution in [-0.4, -0.2) is 5.90 Å². The van der Waals surface area contributed by atoms with E-state index in [9.17, 15) is 0 Å². The molecule has 0 amide bonds. The van der Waals surface area contributed by atoms with Crippen LogP contribution < -0.4 is 9.47 Å². The molecule has 0 fully saturated rings. The van der Waals surface area contributed by atoms with Crippen LogP contribution in [0.15, 0.2) is 102 Å².